The molecule has 0 heterocycles. The zero-order valence-electron chi connectivity index (χ0n) is 8.87. The number of hydrogen-bond acceptors (Lipinski definition) is 4. The van der Waals surface area contributed by atoms with Crippen molar-refractivity contribution < 1.29 is 12.6 Å². The average molecular weight is 223 g/mol. The van der Waals surface area contributed by atoms with Gasteiger partial charge in [0.2, 0.25) is 0 Å². The van der Waals surface area contributed by atoms with Gasteiger partial charge in [-0.1, -0.05) is 26.2 Å². The summed E-state index contributed by atoms with van der Waals surface area (Å²) in [5, 5.41) is 0. The van der Waals surface area contributed by atoms with Crippen molar-refractivity contribution in [2.75, 3.05) is 18.9 Å². The van der Waals surface area contributed by atoms with E-state index in [0.717, 1.165) is 25.7 Å². The van der Waals surface area contributed by atoms with Gasteiger partial charge in [-0.3, -0.25) is 4.18 Å². The lowest BCUT2D eigenvalue weighted by atomic mass is 10.2. The number of nitrogens with two attached hydrogens (primary N) is 1. The highest BCUT2D eigenvalue weighted by Crippen LogP contribution is 2.02. The molecule has 0 spiro atoms. The van der Waals surface area contributed by atoms with Crippen molar-refractivity contribution in [3.63, 3.8) is 0 Å². The van der Waals surface area contributed by atoms with E-state index in [1.807, 2.05) is 0 Å². The van der Waals surface area contributed by atoms with Gasteiger partial charge in [-0.15, -0.1) is 0 Å². The van der Waals surface area contributed by atoms with Gasteiger partial charge in [0.05, 0.1) is 12.4 Å². The Morgan fingerprint density at radius 3 is 2.43 bits per heavy atom. The second kappa shape index (κ2) is 8.20. The third kappa shape index (κ3) is 8.47. The van der Waals surface area contributed by atoms with E-state index in [-0.39, 0.29) is 5.75 Å². The van der Waals surface area contributed by atoms with Gasteiger partial charge in [-0.05, 0) is 19.4 Å². The van der Waals surface area contributed by atoms with Crippen LogP contribution in [0.15, 0.2) is 0 Å². The minimum atomic E-state index is -3.31. The SMILES string of the molecule is CCCCCCOS(=O)(=O)CCCN. The maximum absolute atomic E-state index is 11.1. The molecular formula is C9H21NO3S. The summed E-state index contributed by atoms with van der Waals surface area (Å²) in [4.78, 5) is 0. The molecule has 0 atom stereocenters. The van der Waals surface area contributed by atoms with Crippen LogP contribution in [0.4, 0.5) is 0 Å². The average Bonchev–Trinajstić information content (AvgIpc) is 2.15. The Hall–Kier alpha value is -0.130. The van der Waals surface area contributed by atoms with Crippen molar-refractivity contribution in [2.24, 2.45) is 5.73 Å². The topological polar surface area (TPSA) is 69.4 Å². The lowest BCUT2D eigenvalue weighted by Crippen LogP contribution is -2.14. The van der Waals surface area contributed by atoms with E-state index < -0.39 is 10.1 Å². The first kappa shape index (κ1) is 13.9. The molecule has 0 rings (SSSR count). The van der Waals surface area contributed by atoms with E-state index in [0.29, 0.717) is 19.6 Å². The van der Waals surface area contributed by atoms with Crippen molar-refractivity contribution in [3.8, 4) is 0 Å². The fourth-order valence-electron chi connectivity index (χ4n) is 1.03. The lowest BCUT2D eigenvalue weighted by Gasteiger charge is -2.04. The van der Waals surface area contributed by atoms with Crippen molar-refractivity contribution in [3.05, 3.63) is 0 Å². The first-order valence-electron chi connectivity index (χ1n) is 5.19. The van der Waals surface area contributed by atoms with Crippen LogP contribution in [0.25, 0.3) is 0 Å². The maximum atomic E-state index is 11.1. The predicted molar refractivity (Wildman–Crippen MR) is 57.6 cm³/mol. The summed E-state index contributed by atoms with van der Waals surface area (Å²) >= 11 is 0. The Kier molecular flexibility index (Phi) is 8.12. The number of hydrogen-bond donors (Lipinski definition) is 1. The highest BCUT2D eigenvalue weighted by Gasteiger charge is 2.09. The van der Waals surface area contributed by atoms with Crippen LogP contribution in [0.1, 0.15) is 39.0 Å². The molecule has 0 bridgehead atoms. The Bertz CT molecular complexity index is 214. The van der Waals surface area contributed by atoms with Gasteiger partial charge in [0.25, 0.3) is 10.1 Å². The van der Waals surface area contributed by atoms with Crippen molar-refractivity contribution >= 4 is 10.1 Å². The second-order valence-corrected chi connectivity index (χ2v) is 5.05. The van der Waals surface area contributed by atoms with Crippen molar-refractivity contribution in [1.29, 1.82) is 0 Å². The van der Waals surface area contributed by atoms with Crippen LogP contribution >= 0.6 is 0 Å². The highest BCUT2D eigenvalue weighted by molar-refractivity contribution is 7.86. The molecule has 4 nitrogen and oxygen atoms in total. The summed E-state index contributed by atoms with van der Waals surface area (Å²) < 4.78 is 27.1. The van der Waals surface area contributed by atoms with Crippen LogP contribution in [-0.4, -0.2) is 27.3 Å². The van der Waals surface area contributed by atoms with E-state index in [2.05, 4.69) is 6.92 Å². The van der Waals surface area contributed by atoms with Crippen LogP contribution < -0.4 is 5.73 Å². The Labute approximate surface area is 86.9 Å². The third-order valence-corrected chi connectivity index (χ3v) is 3.17. The maximum Gasteiger partial charge on any atom is 0.267 e. The number of rotatable bonds is 9. The zero-order chi connectivity index (χ0) is 10.9. The molecule has 0 amide bonds. The molecule has 0 saturated heterocycles. The summed E-state index contributed by atoms with van der Waals surface area (Å²) in [7, 11) is -3.31. The minimum Gasteiger partial charge on any atom is -0.330 e. The molecule has 0 aliphatic carbocycles. The zero-order valence-corrected chi connectivity index (χ0v) is 9.68. The van der Waals surface area contributed by atoms with Gasteiger partial charge in [0, 0.05) is 0 Å². The quantitative estimate of drug-likeness (QED) is 0.472. The molecule has 0 aromatic heterocycles. The summed E-state index contributed by atoms with van der Waals surface area (Å²) in [6.45, 7) is 2.81. The van der Waals surface area contributed by atoms with Crippen LogP contribution in [0.3, 0.4) is 0 Å². The smallest absolute Gasteiger partial charge is 0.267 e. The normalized spacial score (nSPS) is 11.9. The molecule has 86 valence electrons. The molecule has 0 saturated carbocycles. The van der Waals surface area contributed by atoms with E-state index in [9.17, 15) is 8.42 Å². The van der Waals surface area contributed by atoms with E-state index >= 15 is 0 Å². The lowest BCUT2D eigenvalue weighted by molar-refractivity contribution is 0.306. The van der Waals surface area contributed by atoms with Gasteiger partial charge in [-0.2, -0.15) is 8.42 Å². The van der Waals surface area contributed by atoms with E-state index in [1.54, 1.807) is 0 Å². The molecule has 0 aliphatic heterocycles. The van der Waals surface area contributed by atoms with Crippen LogP contribution in [-0.2, 0) is 14.3 Å². The molecule has 0 aliphatic rings. The largest absolute Gasteiger partial charge is 0.330 e. The molecule has 0 fully saturated rings. The standard InChI is InChI=1S/C9H21NO3S/c1-2-3-4-5-8-13-14(11,12)9-6-7-10/h2-10H2,1H3. The first-order valence-corrected chi connectivity index (χ1v) is 6.77. The fourth-order valence-corrected chi connectivity index (χ4v) is 2.04. The highest BCUT2D eigenvalue weighted by atomic mass is 32.2. The molecule has 2 N–H and O–H groups in total. The van der Waals surface area contributed by atoms with Gasteiger partial charge >= 0.3 is 0 Å². The van der Waals surface area contributed by atoms with Gasteiger partial charge < -0.3 is 5.73 Å². The summed E-state index contributed by atoms with van der Waals surface area (Å²) in [5.41, 5.74) is 5.21. The molecule has 0 aromatic carbocycles. The third-order valence-electron chi connectivity index (χ3n) is 1.86. The number of unbranched alkanes of at least 4 members (excludes halogenated alkanes) is 3. The van der Waals surface area contributed by atoms with Crippen LogP contribution in [0.2, 0.25) is 0 Å². The van der Waals surface area contributed by atoms with Gasteiger partial charge in [0.1, 0.15) is 0 Å². The summed E-state index contributed by atoms with van der Waals surface area (Å²) in [5.74, 6) is 0.0390. The second-order valence-electron chi connectivity index (χ2n) is 3.29. The predicted octanol–water partition coefficient (Wildman–Crippen LogP) is 1.26. The fraction of sp³-hybridized carbons (Fsp3) is 1.00. The van der Waals surface area contributed by atoms with Crippen molar-refractivity contribution in [1.82, 2.24) is 0 Å². The minimum absolute atomic E-state index is 0.0390. The van der Waals surface area contributed by atoms with E-state index in [4.69, 9.17) is 9.92 Å². The Balaban J connectivity index is 3.46. The monoisotopic (exact) mass is 223 g/mol. The van der Waals surface area contributed by atoms with Crippen molar-refractivity contribution in [2.45, 2.75) is 39.0 Å². The molecule has 5 heteroatoms. The first-order chi connectivity index (χ1) is 6.62. The molecule has 0 radical (unpaired) electrons. The van der Waals surface area contributed by atoms with Crippen LogP contribution in [0, 0.1) is 0 Å². The van der Waals surface area contributed by atoms with Gasteiger partial charge in [0.15, 0.2) is 0 Å². The summed E-state index contributed by atoms with van der Waals surface area (Å²) in [6, 6.07) is 0. The Morgan fingerprint density at radius 2 is 1.86 bits per heavy atom. The van der Waals surface area contributed by atoms with Crippen LogP contribution in [0.5, 0.6) is 0 Å². The Morgan fingerprint density at radius 1 is 1.14 bits per heavy atom. The van der Waals surface area contributed by atoms with E-state index in [1.165, 1.54) is 0 Å². The molecular weight excluding hydrogens is 202 g/mol. The molecule has 0 aromatic rings. The summed E-state index contributed by atoms with van der Waals surface area (Å²) in [6.07, 6.45) is 4.59. The molecule has 0 unspecified atom stereocenters. The van der Waals surface area contributed by atoms with Gasteiger partial charge in [-0.25, -0.2) is 0 Å². The molecule has 14 heavy (non-hydrogen) atoms.